The minimum atomic E-state index is -0.954. The Morgan fingerprint density at radius 1 is 1.25 bits per heavy atom. The Bertz CT molecular complexity index is 362. The van der Waals surface area contributed by atoms with Crippen molar-refractivity contribution in [1.82, 2.24) is 0 Å². The highest BCUT2D eigenvalue weighted by Gasteiger charge is 2.22. The first-order chi connectivity index (χ1) is 5.68. The molecule has 1 heterocycles. The van der Waals surface area contributed by atoms with E-state index < -0.39 is 11.6 Å². The summed E-state index contributed by atoms with van der Waals surface area (Å²) in [5.41, 5.74) is 0.305. The van der Waals surface area contributed by atoms with Crippen molar-refractivity contribution in [2.75, 3.05) is 5.75 Å². The fourth-order valence-electron chi connectivity index (χ4n) is 1.09. The van der Waals surface area contributed by atoms with Crippen molar-refractivity contribution in [2.45, 2.75) is 4.90 Å². The van der Waals surface area contributed by atoms with E-state index in [0.717, 1.165) is 12.1 Å². The van der Waals surface area contributed by atoms with Gasteiger partial charge >= 0.3 is 0 Å². The van der Waals surface area contributed by atoms with Crippen LogP contribution in [-0.2, 0) is 0 Å². The van der Waals surface area contributed by atoms with Crippen molar-refractivity contribution in [3.63, 3.8) is 0 Å². The van der Waals surface area contributed by atoms with Gasteiger partial charge in [-0.05, 0) is 12.1 Å². The molecule has 1 aliphatic rings. The van der Waals surface area contributed by atoms with Gasteiger partial charge in [-0.2, -0.15) is 0 Å². The fraction of sp³-hybridized carbons (Fsp3) is 0.125. The first-order valence-corrected chi connectivity index (χ1v) is 4.32. The van der Waals surface area contributed by atoms with E-state index in [-0.39, 0.29) is 11.5 Å². The number of rotatable bonds is 0. The molecule has 0 spiro atoms. The van der Waals surface area contributed by atoms with Crippen molar-refractivity contribution < 1.29 is 13.6 Å². The lowest BCUT2D eigenvalue weighted by Crippen LogP contribution is -1.96. The van der Waals surface area contributed by atoms with E-state index in [1.807, 2.05) is 0 Å². The molecule has 0 saturated heterocycles. The topological polar surface area (TPSA) is 17.1 Å². The Kier molecular flexibility index (Phi) is 1.65. The molecule has 0 N–H and O–H groups in total. The number of halogens is 2. The van der Waals surface area contributed by atoms with Crippen LogP contribution in [0, 0.1) is 11.6 Å². The van der Waals surface area contributed by atoms with Crippen molar-refractivity contribution in [2.24, 2.45) is 0 Å². The van der Waals surface area contributed by atoms with Crippen LogP contribution < -0.4 is 0 Å². The third kappa shape index (κ3) is 1.03. The molecule has 1 aromatic carbocycles. The van der Waals surface area contributed by atoms with Gasteiger partial charge in [-0.15, -0.1) is 11.8 Å². The molecule has 12 heavy (non-hydrogen) atoms. The molecule has 0 atom stereocenters. The quantitative estimate of drug-likeness (QED) is 0.618. The van der Waals surface area contributed by atoms with Crippen molar-refractivity contribution in [1.29, 1.82) is 0 Å². The van der Waals surface area contributed by atoms with E-state index in [2.05, 4.69) is 0 Å². The summed E-state index contributed by atoms with van der Waals surface area (Å²) in [6, 6.07) is 2.03. The Balaban J connectivity index is 2.63. The highest BCUT2D eigenvalue weighted by molar-refractivity contribution is 8.00. The summed E-state index contributed by atoms with van der Waals surface area (Å²) in [5.74, 6) is -1.69. The molecule has 0 saturated carbocycles. The monoisotopic (exact) mass is 186 g/mol. The maximum atomic E-state index is 12.6. The molecule has 0 radical (unpaired) electrons. The van der Waals surface area contributed by atoms with Crippen LogP contribution in [0.5, 0.6) is 0 Å². The molecule has 0 aromatic heterocycles. The van der Waals surface area contributed by atoms with Crippen LogP contribution in [-0.4, -0.2) is 11.5 Å². The summed E-state index contributed by atoms with van der Waals surface area (Å²) < 4.78 is 25.2. The van der Waals surface area contributed by atoms with Crippen molar-refractivity contribution >= 4 is 17.5 Å². The molecule has 1 aromatic rings. The normalized spacial score (nSPS) is 15.0. The van der Waals surface area contributed by atoms with E-state index in [9.17, 15) is 13.6 Å². The first-order valence-electron chi connectivity index (χ1n) is 3.33. The highest BCUT2D eigenvalue weighted by atomic mass is 32.2. The molecule has 0 fully saturated rings. The molecule has 4 heteroatoms. The van der Waals surface area contributed by atoms with Crippen LogP contribution in [0.2, 0.25) is 0 Å². The maximum absolute atomic E-state index is 12.6. The third-order valence-electron chi connectivity index (χ3n) is 1.68. The van der Waals surface area contributed by atoms with Crippen LogP contribution in [0.4, 0.5) is 8.78 Å². The standard InChI is InChI=1S/C8H4F2OS/c9-5-1-4-7(11)3-12-8(4)2-6(5)10/h1-2H,3H2. The zero-order valence-corrected chi connectivity index (χ0v) is 6.75. The minimum absolute atomic E-state index is 0.131. The second-order valence-electron chi connectivity index (χ2n) is 2.47. The third-order valence-corrected chi connectivity index (χ3v) is 2.74. The van der Waals surface area contributed by atoms with Crippen molar-refractivity contribution in [3.8, 4) is 0 Å². The average Bonchev–Trinajstić information content (AvgIpc) is 2.35. The summed E-state index contributed by atoms with van der Waals surface area (Å²) in [6.45, 7) is 0. The largest absolute Gasteiger partial charge is 0.293 e. The molecule has 2 rings (SSSR count). The van der Waals surface area contributed by atoms with Gasteiger partial charge in [0.05, 0.1) is 5.75 Å². The van der Waals surface area contributed by atoms with Crippen LogP contribution in [0.25, 0.3) is 0 Å². The van der Waals surface area contributed by atoms with E-state index in [1.54, 1.807) is 0 Å². The average molecular weight is 186 g/mol. The summed E-state index contributed by atoms with van der Waals surface area (Å²) in [4.78, 5) is 11.6. The molecule has 1 aliphatic heterocycles. The van der Waals surface area contributed by atoms with E-state index in [4.69, 9.17) is 0 Å². The molecule has 0 aliphatic carbocycles. The van der Waals surface area contributed by atoms with Crippen LogP contribution in [0.3, 0.4) is 0 Å². The fourth-order valence-corrected chi connectivity index (χ4v) is 2.04. The molecule has 0 amide bonds. The van der Waals surface area contributed by atoms with Crippen LogP contribution in [0.15, 0.2) is 17.0 Å². The Hall–Kier alpha value is -0.900. The Morgan fingerprint density at radius 2 is 1.92 bits per heavy atom. The van der Waals surface area contributed by atoms with Gasteiger partial charge in [0, 0.05) is 10.5 Å². The summed E-state index contributed by atoms with van der Waals surface area (Å²) in [6.07, 6.45) is 0. The lowest BCUT2D eigenvalue weighted by molar-refractivity contribution is 0.102. The summed E-state index contributed by atoms with van der Waals surface area (Å²) in [5, 5.41) is 0. The second-order valence-corrected chi connectivity index (χ2v) is 3.49. The molecular weight excluding hydrogens is 182 g/mol. The lowest BCUT2D eigenvalue weighted by atomic mass is 10.1. The molecule has 0 bridgehead atoms. The second kappa shape index (κ2) is 2.55. The van der Waals surface area contributed by atoms with Gasteiger partial charge in [0.25, 0.3) is 0 Å². The molecule has 0 unspecified atom stereocenters. The molecular formula is C8H4F2OS. The Morgan fingerprint density at radius 3 is 2.67 bits per heavy atom. The maximum Gasteiger partial charge on any atom is 0.174 e. The number of thioether (sulfide) groups is 1. The zero-order valence-electron chi connectivity index (χ0n) is 5.93. The number of ketones is 1. The number of fused-ring (bicyclic) bond motifs is 1. The van der Waals surface area contributed by atoms with Gasteiger partial charge in [0.15, 0.2) is 17.4 Å². The number of carbonyl (C=O) groups excluding carboxylic acids is 1. The Labute approximate surface area is 71.8 Å². The van der Waals surface area contributed by atoms with Crippen LogP contribution in [0.1, 0.15) is 10.4 Å². The van der Waals surface area contributed by atoms with E-state index in [0.29, 0.717) is 10.5 Å². The van der Waals surface area contributed by atoms with Crippen LogP contribution >= 0.6 is 11.8 Å². The summed E-state index contributed by atoms with van der Waals surface area (Å²) in [7, 11) is 0. The first kappa shape index (κ1) is 7.73. The van der Waals surface area contributed by atoms with Gasteiger partial charge in [-0.25, -0.2) is 8.78 Å². The predicted molar refractivity (Wildman–Crippen MR) is 41.4 cm³/mol. The molecule has 1 nitrogen and oxygen atoms in total. The number of hydrogen-bond acceptors (Lipinski definition) is 2. The smallest absolute Gasteiger partial charge is 0.174 e. The molecule has 62 valence electrons. The van der Waals surface area contributed by atoms with Gasteiger partial charge in [0.2, 0.25) is 0 Å². The van der Waals surface area contributed by atoms with Gasteiger partial charge in [-0.1, -0.05) is 0 Å². The number of benzene rings is 1. The minimum Gasteiger partial charge on any atom is -0.293 e. The number of carbonyl (C=O) groups is 1. The van der Waals surface area contributed by atoms with Gasteiger partial charge in [0.1, 0.15) is 0 Å². The zero-order chi connectivity index (χ0) is 8.72. The van der Waals surface area contributed by atoms with E-state index in [1.165, 1.54) is 11.8 Å². The van der Waals surface area contributed by atoms with E-state index >= 15 is 0 Å². The number of hydrogen-bond donors (Lipinski definition) is 0. The van der Waals surface area contributed by atoms with Gasteiger partial charge < -0.3 is 0 Å². The summed E-state index contributed by atoms with van der Waals surface area (Å²) >= 11 is 1.24. The van der Waals surface area contributed by atoms with Gasteiger partial charge in [-0.3, -0.25) is 4.79 Å². The highest BCUT2D eigenvalue weighted by Crippen LogP contribution is 2.32. The SMILES string of the molecule is O=C1CSc2cc(F)c(F)cc21. The predicted octanol–water partition coefficient (Wildman–Crippen LogP) is 2.25. The number of Topliss-reactive ketones (excluding diaryl/α,β-unsaturated/α-hetero) is 1. The van der Waals surface area contributed by atoms with Crippen molar-refractivity contribution in [3.05, 3.63) is 29.3 Å². The lowest BCUT2D eigenvalue weighted by Gasteiger charge is -1.96.